The zero-order valence-electron chi connectivity index (χ0n) is 13.9. The van der Waals surface area contributed by atoms with Gasteiger partial charge in [0.2, 0.25) is 11.8 Å². The average Bonchev–Trinajstić information content (AvgIpc) is 2.63. The monoisotopic (exact) mass is 287 g/mol. The van der Waals surface area contributed by atoms with E-state index in [-0.39, 0.29) is 28.6 Å². The maximum Gasteiger partial charge on any atom is 0.237 e. The van der Waals surface area contributed by atoms with Gasteiger partial charge in [0.1, 0.15) is 0 Å². The number of carbonyl (C=O) groups excluding carboxylic acids is 2. The zero-order chi connectivity index (χ0) is 16.0. The van der Waals surface area contributed by atoms with Gasteiger partial charge < -0.3 is 0 Å². The van der Waals surface area contributed by atoms with Gasteiger partial charge in [0.25, 0.3) is 0 Å². The highest BCUT2D eigenvalue weighted by Crippen LogP contribution is 2.40. The van der Waals surface area contributed by atoms with E-state index >= 15 is 0 Å². The minimum atomic E-state index is -0.238. The van der Waals surface area contributed by atoms with E-state index in [0.717, 1.165) is 11.3 Å². The predicted octanol–water partition coefficient (Wildman–Crippen LogP) is 3.91. The molecular formula is C18H25NO2. The molecular weight excluding hydrogens is 262 g/mol. The second kappa shape index (κ2) is 4.97. The van der Waals surface area contributed by atoms with E-state index < -0.39 is 0 Å². The van der Waals surface area contributed by atoms with Gasteiger partial charge in [-0.15, -0.1) is 0 Å². The van der Waals surface area contributed by atoms with E-state index in [1.165, 1.54) is 4.90 Å². The molecule has 114 valence electrons. The number of anilines is 1. The summed E-state index contributed by atoms with van der Waals surface area (Å²) in [6.07, 6.45) is 0.306. The Balaban J connectivity index is 2.49. The van der Waals surface area contributed by atoms with Gasteiger partial charge in [0.15, 0.2) is 0 Å². The highest BCUT2D eigenvalue weighted by Gasteiger charge is 2.46. The van der Waals surface area contributed by atoms with Crippen LogP contribution in [-0.2, 0) is 15.0 Å². The van der Waals surface area contributed by atoms with Gasteiger partial charge in [0, 0.05) is 6.42 Å². The van der Waals surface area contributed by atoms with Crippen molar-refractivity contribution in [3.05, 3.63) is 29.8 Å². The Hall–Kier alpha value is -1.64. The van der Waals surface area contributed by atoms with Gasteiger partial charge in [-0.2, -0.15) is 0 Å². The Labute approximate surface area is 127 Å². The Kier molecular flexibility index (Phi) is 3.73. The summed E-state index contributed by atoms with van der Waals surface area (Å²) in [6.45, 7) is 12.3. The fourth-order valence-electron chi connectivity index (χ4n) is 2.86. The number of para-hydroxylation sites is 1. The SMILES string of the molecule is CC(C)(C)c1ccccc1N1C(=O)C[C@H](C(C)(C)C)C1=O. The number of imide groups is 1. The van der Waals surface area contributed by atoms with Gasteiger partial charge in [-0.25, -0.2) is 4.90 Å². The summed E-state index contributed by atoms with van der Waals surface area (Å²) >= 11 is 0. The fourth-order valence-corrected chi connectivity index (χ4v) is 2.86. The molecule has 3 heteroatoms. The molecule has 1 aromatic carbocycles. The third-order valence-electron chi connectivity index (χ3n) is 4.14. The summed E-state index contributed by atoms with van der Waals surface area (Å²) in [4.78, 5) is 26.6. The standard InChI is InChI=1S/C18H25NO2/c1-17(2,3)12-9-7-8-10-14(12)19-15(20)11-13(16(19)21)18(4,5)6/h7-10,13H,11H2,1-6H3/t13-/m0/s1. The Morgan fingerprint density at radius 2 is 1.57 bits per heavy atom. The second-order valence-corrected chi connectivity index (χ2v) is 7.96. The van der Waals surface area contributed by atoms with Crippen LogP contribution < -0.4 is 4.90 Å². The molecule has 1 atom stereocenters. The van der Waals surface area contributed by atoms with Crippen molar-refractivity contribution in [2.45, 2.75) is 53.4 Å². The van der Waals surface area contributed by atoms with Crippen LogP contribution in [0.4, 0.5) is 5.69 Å². The molecule has 1 saturated heterocycles. The fraction of sp³-hybridized carbons (Fsp3) is 0.556. The highest BCUT2D eigenvalue weighted by atomic mass is 16.2. The predicted molar refractivity (Wildman–Crippen MR) is 85.2 cm³/mol. The number of carbonyl (C=O) groups is 2. The molecule has 0 unspecified atom stereocenters. The number of hydrogen-bond acceptors (Lipinski definition) is 2. The van der Waals surface area contributed by atoms with Crippen LogP contribution in [0.2, 0.25) is 0 Å². The number of nitrogens with zero attached hydrogens (tertiary/aromatic N) is 1. The van der Waals surface area contributed by atoms with E-state index in [4.69, 9.17) is 0 Å². The molecule has 21 heavy (non-hydrogen) atoms. The van der Waals surface area contributed by atoms with Crippen LogP contribution in [0.15, 0.2) is 24.3 Å². The highest BCUT2D eigenvalue weighted by molar-refractivity contribution is 6.21. The molecule has 1 aliphatic rings. The molecule has 1 heterocycles. The van der Waals surface area contributed by atoms with Gasteiger partial charge in [-0.1, -0.05) is 59.7 Å². The molecule has 0 aromatic heterocycles. The first kappa shape index (κ1) is 15.7. The van der Waals surface area contributed by atoms with Crippen molar-refractivity contribution in [1.29, 1.82) is 0 Å². The molecule has 0 spiro atoms. The van der Waals surface area contributed by atoms with Crippen molar-refractivity contribution >= 4 is 17.5 Å². The molecule has 2 amide bonds. The molecule has 0 saturated carbocycles. The Morgan fingerprint density at radius 3 is 2.05 bits per heavy atom. The zero-order valence-corrected chi connectivity index (χ0v) is 13.9. The van der Waals surface area contributed by atoms with Crippen LogP contribution in [-0.4, -0.2) is 11.8 Å². The lowest BCUT2D eigenvalue weighted by Gasteiger charge is -2.28. The lowest BCUT2D eigenvalue weighted by molar-refractivity contribution is -0.123. The normalized spacial score (nSPS) is 20.3. The van der Waals surface area contributed by atoms with Gasteiger partial charge >= 0.3 is 0 Å². The van der Waals surface area contributed by atoms with E-state index in [1.54, 1.807) is 0 Å². The molecule has 2 rings (SSSR count). The van der Waals surface area contributed by atoms with Gasteiger partial charge in [-0.05, 0) is 22.5 Å². The van der Waals surface area contributed by atoms with Gasteiger partial charge in [-0.3, -0.25) is 9.59 Å². The minimum Gasteiger partial charge on any atom is -0.274 e. The van der Waals surface area contributed by atoms with E-state index in [1.807, 2.05) is 45.0 Å². The lowest BCUT2D eigenvalue weighted by atomic mass is 9.80. The smallest absolute Gasteiger partial charge is 0.237 e. The van der Waals surface area contributed by atoms with Crippen LogP contribution >= 0.6 is 0 Å². The van der Waals surface area contributed by atoms with E-state index in [2.05, 4.69) is 20.8 Å². The quantitative estimate of drug-likeness (QED) is 0.734. The van der Waals surface area contributed by atoms with Crippen LogP contribution in [0, 0.1) is 11.3 Å². The largest absolute Gasteiger partial charge is 0.274 e. The second-order valence-electron chi connectivity index (χ2n) is 7.96. The summed E-state index contributed by atoms with van der Waals surface area (Å²) in [6, 6.07) is 7.72. The third kappa shape index (κ3) is 2.87. The molecule has 1 aromatic rings. The van der Waals surface area contributed by atoms with Gasteiger partial charge in [0.05, 0.1) is 11.6 Å². The first-order valence-corrected chi connectivity index (χ1v) is 7.50. The number of amides is 2. The van der Waals surface area contributed by atoms with Crippen molar-refractivity contribution in [3.63, 3.8) is 0 Å². The number of hydrogen-bond donors (Lipinski definition) is 0. The van der Waals surface area contributed by atoms with Crippen molar-refractivity contribution < 1.29 is 9.59 Å². The summed E-state index contributed by atoms with van der Waals surface area (Å²) in [5, 5.41) is 0. The molecule has 0 N–H and O–H groups in total. The average molecular weight is 287 g/mol. The van der Waals surface area contributed by atoms with Crippen molar-refractivity contribution in [2.75, 3.05) is 4.90 Å². The first-order valence-electron chi connectivity index (χ1n) is 7.50. The summed E-state index contributed by atoms with van der Waals surface area (Å²) in [5.41, 5.74) is 1.46. The minimum absolute atomic E-state index is 0.0656. The third-order valence-corrected chi connectivity index (χ3v) is 4.14. The molecule has 0 radical (unpaired) electrons. The molecule has 1 fully saturated rings. The Bertz CT molecular complexity index is 576. The van der Waals surface area contributed by atoms with Crippen LogP contribution in [0.5, 0.6) is 0 Å². The summed E-state index contributed by atoms with van der Waals surface area (Å²) in [5.74, 6) is -0.390. The van der Waals surface area contributed by atoms with E-state index in [0.29, 0.717) is 6.42 Å². The van der Waals surface area contributed by atoms with E-state index in [9.17, 15) is 9.59 Å². The molecule has 3 nitrogen and oxygen atoms in total. The lowest BCUT2D eigenvalue weighted by Crippen LogP contribution is -2.35. The van der Waals surface area contributed by atoms with Crippen molar-refractivity contribution in [3.8, 4) is 0 Å². The van der Waals surface area contributed by atoms with Crippen LogP contribution in [0.1, 0.15) is 53.5 Å². The number of rotatable bonds is 1. The maximum absolute atomic E-state index is 12.7. The molecule has 0 bridgehead atoms. The summed E-state index contributed by atoms with van der Waals surface area (Å²) in [7, 11) is 0. The summed E-state index contributed by atoms with van der Waals surface area (Å²) < 4.78 is 0. The number of benzene rings is 1. The van der Waals surface area contributed by atoms with Crippen LogP contribution in [0.3, 0.4) is 0 Å². The Morgan fingerprint density at radius 1 is 1.00 bits per heavy atom. The van der Waals surface area contributed by atoms with Crippen molar-refractivity contribution in [1.82, 2.24) is 0 Å². The molecule has 0 aliphatic carbocycles. The first-order chi connectivity index (χ1) is 9.53. The van der Waals surface area contributed by atoms with Crippen LogP contribution in [0.25, 0.3) is 0 Å². The topological polar surface area (TPSA) is 37.4 Å². The molecule has 1 aliphatic heterocycles. The van der Waals surface area contributed by atoms with Crippen molar-refractivity contribution in [2.24, 2.45) is 11.3 Å². The maximum atomic E-state index is 12.7.